The van der Waals surface area contributed by atoms with Crippen molar-refractivity contribution in [2.75, 3.05) is 7.11 Å². The van der Waals surface area contributed by atoms with Gasteiger partial charge in [0.05, 0.1) is 40.0 Å². The number of methoxy groups -OCH3 is 1. The number of carbonyl (C=O) groups excluding carboxylic acids is 5. The number of carboxylic acid groups (broad SMARTS) is 1. The summed E-state index contributed by atoms with van der Waals surface area (Å²) >= 11 is 0. The van der Waals surface area contributed by atoms with E-state index in [1.165, 1.54) is 14.0 Å². The van der Waals surface area contributed by atoms with E-state index in [1.807, 2.05) is 131 Å². The van der Waals surface area contributed by atoms with Gasteiger partial charge in [0, 0.05) is 24.5 Å². The Morgan fingerprint density at radius 1 is 0.538 bits per heavy atom. The Morgan fingerprint density at radius 2 is 0.877 bits per heavy atom. The first kappa shape index (κ1) is 55.8. The van der Waals surface area contributed by atoms with Crippen molar-refractivity contribution < 1.29 is 48.1 Å². The van der Waals surface area contributed by atoms with Gasteiger partial charge < -0.3 is 39.9 Å². The van der Waals surface area contributed by atoms with Crippen molar-refractivity contribution in [1.82, 2.24) is 9.13 Å². The number of carbonyl (C=O) groups is 6. The maximum atomic E-state index is 12.6. The molecule has 0 spiro atoms. The normalized spacial score (nSPS) is 10.8. The molecule has 2 aromatic heterocycles. The summed E-state index contributed by atoms with van der Waals surface area (Å²) in [5, 5.41) is 9.99. The first-order chi connectivity index (χ1) is 31.2. The molecule has 0 aliphatic carbocycles. The fourth-order valence-corrected chi connectivity index (χ4v) is 6.57. The number of nitrogens with zero attached hydrogens (tertiary/aromatic N) is 2. The Morgan fingerprint density at radius 3 is 1.18 bits per heavy atom. The number of benzene rings is 4. The predicted octanol–water partition coefficient (Wildman–Crippen LogP) is 9.23. The highest BCUT2D eigenvalue weighted by Crippen LogP contribution is 2.36. The largest absolute Gasteiger partial charge is 0.479 e. The first-order valence-corrected chi connectivity index (χ1v) is 21.8. The van der Waals surface area contributed by atoms with Crippen molar-refractivity contribution >= 4 is 57.1 Å². The fourth-order valence-electron chi connectivity index (χ4n) is 6.57. The van der Waals surface area contributed by atoms with E-state index in [-0.39, 0.29) is 16.9 Å². The van der Waals surface area contributed by atoms with Crippen LogP contribution in [-0.2, 0) is 37.0 Å². The summed E-state index contributed by atoms with van der Waals surface area (Å²) < 4.78 is 19.9. The number of esters is 1. The Hall–Kier alpha value is -7.22. The van der Waals surface area contributed by atoms with Gasteiger partial charge in [0.15, 0.2) is 12.2 Å². The minimum absolute atomic E-state index is 0.131. The summed E-state index contributed by atoms with van der Waals surface area (Å²) in [6.45, 7) is 23.4. The van der Waals surface area contributed by atoms with E-state index < -0.39 is 47.5 Å². The molecule has 0 bridgehead atoms. The quantitative estimate of drug-likeness (QED) is 0.0536. The number of hydrogen-bond donors (Lipinski definition) is 3. The van der Waals surface area contributed by atoms with Crippen LogP contribution in [0.5, 0.6) is 11.5 Å². The Balaban J connectivity index is 0.000000564. The van der Waals surface area contributed by atoms with Crippen molar-refractivity contribution in [1.29, 1.82) is 0 Å². The van der Waals surface area contributed by atoms with Gasteiger partial charge in [0.25, 0.3) is 23.4 Å². The van der Waals surface area contributed by atoms with Crippen molar-refractivity contribution in [3.63, 3.8) is 0 Å². The number of amides is 2. The number of aliphatic carboxylic acids is 1. The standard InChI is InChI=1S/C22H22N2O5.C21H20N2O5.4C2H6/c1-13-18(20(25)21(23)26)19-16(24(13)12-15-8-5-4-6-9-15)10-7-11-17(19)29-14(2)22(27)28-3;1-12-17(19(24)20(22)25)18-15(23(12)11-14-7-4-3-5-8-14)9-6-10-16(18)28-13(2)21(26)27;4*1-2/h4-11,14H,12H2,1-3H3,(H2,23,26);3-10,13H,11H2,1-2H3,(H2,22,25)(H,26,27);4*1-2H3. The van der Waals surface area contributed by atoms with Crippen LogP contribution in [-0.4, -0.2) is 68.9 Å². The fraction of sp³-hybridized carbons (Fsp3) is 0.333. The number of ether oxygens (including phenoxy) is 3. The van der Waals surface area contributed by atoms with E-state index in [0.29, 0.717) is 52.0 Å². The summed E-state index contributed by atoms with van der Waals surface area (Å²) in [5.41, 5.74) is 15.4. The molecule has 2 amide bonds. The molecule has 6 rings (SSSR count). The molecule has 0 aliphatic rings. The van der Waals surface area contributed by atoms with Gasteiger partial charge in [-0.2, -0.15) is 0 Å². The lowest BCUT2D eigenvalue weighted by Gasteiger charge is -2.14. The molecule has 4 aromatic carbocycles. The highest BCUT2D eigenvalue weighted by Gasteiger charge is 2.29. The maximum Gasteiger partial charge on any atom is 0.346 e. The zero-order chi connectivity index (χ0) is 49.6. The molecular formula is C51H66N4O10. The average molecular weight is 895 g/mol. The van der Waals surface area contributed by atoms with E-state index in [1.54, 1.807) is 51.1 Å². The van der Waals surface area contributed by atoms with Crippen LogP contribution >= 0.6 is 0 Å². The number of fused-ring (bicyclic) bond motifs is 2. The first-order valence-electron chi connectivity index (χ1n) is 21.8. The highest BCUT2D eigenvalue weighted by atomic mass is 16.6. The SMILES string of the molecule is CC.CC.CC.CC.COC(=O)C(C)Oc1cccc2c1c(C(=O)C(N)=O)c(C)n2Cc1ccccc1.Cc1c(C(=O)C(N)=O)c2c(OC(C)C(=O)O)cccc2n1Cc1ccccc1. The lowest BCUT2D eigenvalue weighted by molar-refractivity contribution is -0.148. The van der Waals surface area contributed by atoms with Gasteiger partial charge in [-0.15, -0.1) is 0 Å². The van der Waals surface area contributed by atoms with E-state index in [9.17, 15) is 28.8 Å². The van der Waals surface area contributed by atoms with Crippen LogP contribution in [0, 0.1) is 13.8 Å². The predicted molar refractivity (Wildman–Crippen MR) is 257 cm³/mol. The number of aromatic nitrogens is 2. The second-order valence-corrected chi connectivity index (χ2v) is 13.1. The number of hydrogen-bond acceptors (Lipinski definition) is 9. The van der Waals surface area contributed by atoms with Crippen molar-refractivity contribution in [3.8, 4) is 11.5 Å². The minimum Gasteiger partial charge on any atom is -0.479 e. The second kappa shape index (κ2) is 27.8. The molecule has 0 saturated heterocycles. The third-order valence-electron chi connectivity index (χ3n) is 9.38. The second-order valence-electron chi connectivity index (χ2n) is 13.1. The molecule has 65 heavy (non-hydrogen) atoms. The molecule has 5 N–H and O–H groups in total. The summed E-state index contributed by atoms with van der Waals surface area (Å²) in [6.07, 6.45) is -2.01. The minimum atomic E-state index is -1.14. The topological polar surface area (TPSA) is 212 Å². The lowest BCUT2D eigenvalue weighted by Crippen LogP contribution is -2.26. The van der Waals surface area contributed by atoms with Gasteiger partial charge in [-0.1, -0.05) is 128 Å². The molecule has 2 unspecified atom stereocenters. The van der Waals surface area contributed by atoms with Gasteiger partial charge in [0.2, 0.25) is 0 Å². The molecule has 0 radical (unpaired) electrons. The van der Waals surface area contributed by atoms with Crippen LogP contribution in [0.1, 0.15) is 112 Å². The Labute approximate surface area is 382 Å². The molecular weight excluding hydrogens is 829 g/mol. The van der Waals surface area contributed by atoms with Crippen LogP contribution in [0.4, 0.5) is 0 Å². The summed E-state index contributed by atoms with van der Waals surface area (Å²) in [4.78, 5) is 71.5. The zero-order valence-corrected chi connectivity index (χ0v) is 40.0. The molecule has 350 valence electrons. The molecule has 14 heteroatoms. The van der Waals surface area contributed by atoms with Gasteiger partial charge in [-0.3, -0.25) is 19.2 Å². The summed E-state index contributed by atoms with van der Waals surface area (Å²) in [6, 6.07) is 29.7. The highest BCUT2D eigenvalue weighted by molar-refractivity contribution is 6.45. The molecule has 0 aliphatic heterocycles. The van der Waals surface area contributed by atoms with Crippen molar-refractivity contribution in [3.05, 3.63) is 131 Å². The average Bonchev–Trinajstić information content (AvgIpc) is 3.77. The molecule has 2 atom stereocenters. The zero-order valence-electron chi connectivity index (χ0n) is 40.0. The molecule has 6 aromatic rings. The van der Waals surface area contributed by atoms with Crippen LogP contribution in [0.15, 0.2) is 97.1 Å². The van der Waals surface area contributed by atoms with Crippen molar-refractivity contribution in [2.24, 2.45) is 11.5 Å². The summed E-state index contributed by atoms with van der Waals surface area (Å²) in [7, 11) is 1.27. The van der Waals surface area contributed by atoms with Gasteiger partial charge in [-0.05, 0) is 63.1 Å². The number of rotatable bonds is 14. The number of carboxylic acids is 1. The maximum absolute atomic E-state index is 12.6. The Bertz CT molecular complexity index is 2510. The van der Waals surface area contributed by atoms with Crippen LogP contribution in [0.3, 0.4) is 0 Å². The monoisotopic (exact) mass is 894 g/mol. The van der Waals surface area contributed by atoms with Crippen LogP contribution in [0.25, 0.3) is 21.8 Å². The van der Waals surface area contributed by atoms with E-state index >= 15 is 0 Å². The molecule has 0 saturated carbocycles. The lowest BCUT2D eigenvalue weighted by atomic mass is 10.1. The Kier molecular flexibility index (Phi) is 23.8. The van der Waals surface area contributed by atoms with Crippen molar-refractivity contribution in [2.45, 2.75) is 108 Å². The molecule has 14 nitrogen and oxygen atoms in total. The number of Topliss-reactive ketones (excluding diaryl/α,β-unsaturated/α-hetero) is 2. The van der Waals surface area contributed by atoms with Gasteiger partial charge in [0.1, 0.15) is 11.5 Å². The number of nitrogens with two attached hydrogens (primary N) is 2. The number of primary amides is 2. The van der Waals surface area contributed by atoms with Gasteiger partial charge in [-0.25, -0.2) is 9.59 Å². The molecule has 2 heterocycles. The van der Waals surface area contributed by atoms with E-state index in [4.69, 9.17) is 30.8 Å². The molecule has 0 fully saturated rings. The van der Waals surface area contributed by atoms with E-state index in [0.717, 1.165) is 11.1 Å². The van der Waals surface area contributed by atoms with Gasteiger partial charge >= 0.3 is 11.9 Å². The van der Waals surface area contributed by atoms with E-state index in [2.05, 4.69) is 0 Å². The van der Waals surface area contributed by atoms with Crippen LogP contribution < -0.4 is 20.9 Å². The third kappa shape index (κ3) is 13.9. The number of ketones is 2. The summed E-state index contributed by atoms with van der Waals surface area (Å²) in [5.74, 6) is -4.95. The van der Waals surface area contributed by atoms with Crippen LogP contribution in [0.2, 0.25) is 0 Å². The smallest absolute Gasteiger partial charge is 0.346 e. The third-order valence-corrected chi connectivity index (χ3v) is 9.38.